The molecule has 1 saturated heterocycles. The molecular weight excluding hydrogens is 468 g/mol. The summed E-state index contributed by atoms with van der Waals surface area (Å²) >= 11 is 0. The number of carbonyl (C=O) groups excluding carboxylic acids is 1. The van der Waals surface area contributed by atoms with Crippen LogP contribution in [-0.4, -0.2) is 40.8 Å². The third-order valence-electron chi connectivity index (χ3n) is 6.25. The van der Waals surface area contributed by atoms with Gasteiger partial charge >= 0.3 is 0 Å². The molecule has 3 aromatic carbocycles. The van der Waals surface area contributed by atoms with Gasteiger partial charge in [0, 0.05) is 24.3 Å². The number of aryl methyl sites for hydroxylation is 1. The van der Waals surface area contributed by atoms with Crippen LogP contribution in [0.5, 0.6) is 17.2 Å². The Morgan fingerprint density at radius 3 is 2.43 bits per heavy atom. The summed E-state index contributed by atoms with van der Waals surface area (Å²) in [5.41, 5.74) is 2.58. The molecule has 1 aliphatic heterocycles. The molecule has 1 aliphatic rings. The molecule has 2 heterocycles. The van der Waals surface area contributed by atoms with Crippen LogP contribution in [0.4, 0.5) is 11.4 Å². The Kier molecular flexibility index (Phi) is 6.89. The number of nitrogens with one attached hydrogen (secondary N) is 1. The van der Waals surface area contributed by atoms with Crippen LogP contribution in [0.15, 0.2) is 83.8 Å². The Hall–Kier alpha value is -4.59. The van der Waals surface area contributed by atoms with E-state index in [-0.39, 0.29) is 17.3 Å². The van der Waals surface area contributed by atoms with E-state index >= 15 is 0 Å². The van der Waals surface area contributed by atoms with Gasteiger partial charge in [-0.3, -0.25) is 9.59 Å². The summed E-state index contributed by atoms with van der Waals surface area (Å²) in [6, 6.07) is 21.8. The fourth-order valence-electron chi connectivity index (χ4n) is 4.32. The SMILES string of the molecule is COc1ccc(-n2ncc(Oc3cccc(C)c3)c(Nc3cccc(C(=O)N4CCCC4)c3)c2=O)cc1. The van der Waals surface area contributed by atoms with Crippen LogP contribution in [0.3, 0.4) is 0 Å². The first-order valence-electron chi connectivity index (χ1n) is 12.2. The lowest BCUT2D eigenvalue weighted by atomic mass is 10.1. The third kappa shape index (κ3) is 5.33. The average molecular weight is 497 g/mol. The Labute approximate surface area is 215 Å². The first-order valence-corrected chi connectivity index (χ1v) is 12.2. The van der Waals surface area contributed by atoms with Gasteiger partial charge in [0.2, 0.25) is 0 Å². The number of aromatic nitrogens is 2. The summed E-state index contributed by atoms with van der Waals surface area (Å²) in [6.45, 7) is 3.50. The van der Waals surface area contributed by atoms with Gasteiger partial charge in [-0.25, -0.2) is 0 Å². The quantitative estimate of drug-likeness (QED) is 0.373. The van der Waals surface area contributed by atoms with E-state index in [0.29, 0.717) is 28.4 Å². The fourth-order valence-corrected chi connectivity index (χ4v) is 4.32. The number of anilines is 2. The first-order chi connectivity index (χ1) is 18.0. The van der Waals surface area contributed by atoms with E-state index in [2.05, 4.69) is 10.4 Å². The number of amides is 1. The predicted molar refractivity (Wildman–Crippen MR) is 143 cm³/mol. The molecule has 8 heteroatoms. The van der Waals surface area contributed by atoms with Crippen molar-refractivity contribution in [1.29, 1.82) is 0 Å². The number of hydrogen-bond acceptors (Lipinski definition) is 6. The van der Waals surface area contributed by atoms with Gasteiger partial charge in [-0.2, -0.15) is 9.78 Å². The zero-order valence-electron chi connectivity index (χ0n) is 20.8. The summed E-state index contributed by atoms with van der Waals surface area (Å²) in [5.74, 6) is 1.53. The lowest BCUT2D eigenvalue weighted by Crippen LogP contribution is -2.27. The van der Waals surface area contributed by atoms with Crippen LogP contribution in [0.2, 0.25) is 0 Å². The Morgan fingerprint density at radius 1 is 0.946 bits per heavy atom. The molecule has 0 atom stereocenters. The Balaban J connectivity index is 1.53. The van der Waals surface area contributed by atoms with E-state index in [1.54, 1.807) is 49.6 Å². The number of likely N-dealkylation sites (tertiary alicyclic amines) is 1. The number of carbonyl (C=O) groups is 1. The van der Waals surface area contributed by atoms with Gasteiger partial charge in [-0.05, 0) is 79.9 Å². The second-order valence-electron chi connectivity index (χ2n) is 8.92. The second kappa shape index (κ2) is 10.6. The molecule has 0 spiro atoms. The van der Waals surface area contributed by atoms with Crippen molar-refractivity contribution < 1.29 is 14.3 Å². The smallest absolute Gasteiger partial charge is 0.299 e. The lowest BCUT2D eigenvalue weighted by Gasteiger charge is -2.17. The van der Waals surface area contributed by atoms with Crippen molar-refractivity contribution in [2.75, 3.05) is 25.5 Å². The van der Waals surface area contributed by atoms with Crippen molar-refractivity contribution in [3.8, 4) is 22.9 Å². The van der Waals surface area contributed by atoms with Gasteiger partial charge in [0.15, 0.2) is 11.4 Å². The molecule has 8 nitrogen and oxygen atoms in total. The normalized spacial score (nSPS) is 12.9. The van der Waals surface area contributed by atoms with Crippen LogP contribution in [0.25, 0.3) is 5.69 Å². The molecule has 5 rings (SSSR count). The van der Waals surface area contributed by atoms with E-state index in [4.69, 9.17) is 9.47 Å². The van der Waals surface area contributed by atoms with Crippen LogP contribution < -0.4 is 20.3 Å². The topological polar surface area (TPSA) is 85.7 Å². The van der Waals surface area contributed by atoms with Gasteiger partial charge in [-0.1, -0.05) is 18.2 Å². The first kappa shape index (κ1) is 24.1. The second-order valence-corrected chi connectivity index (χ2v) is 8.92. The minimum Gasteiger partial charge on any atom is -0.497 e. The van der Waals surface area contributed by atoms with Gasteiger partial charge in [0.1, 0.15) is 11.5 Å². The zero-order valence-corrected chi connectivity index (χ0v) is 20.8. The number of hydrogen-bond donors (Lipinski definition) is 1. The Morgan fingerprint density at radius 2 is 1.70 bits per heavy atom. The van der Waals surface area contributed by atoms with E-state index in [9.17, 15) is 9.59 Å². The average Bonchev–Trinajstić information content (AvgIpc) is 3.46. The standard InChI is InChI=1S/C29H28N4O4/c1-20-7-5-10-25(17-20)37-26-19-30-33(23-11-13-24(36-2)14-12-23)29(35)27(26)31-22-9-6-8-21(18-22)28(34)32-15-3-4-16-32/h5-14,17-19,31H,3-4,15-16H2,1-2H3. The minimum absolute atomic E-state index is 0.0113. The monoisotopic (exact) mass is 496 g/mol. The molecular formula is C29H28N4O4. The molecule has 0 unspecified atom stereocenters. The molecule has 1 aromatic heterocycles. The fraction of sp³-hybridized carbons (Fsp3) is 0.207. The van der Waals surface area contributed by atoms with Crippen LogP contribution in [-0.2, 0) is 0 Å². The van der Waals surface area contributed by atoms with Crippen molar-refractivity contribution in [2.24, 2.45) is 0 Å². The maximum atomic E-state index is 13.7. The highest BCUT2D eigenvalue weighted by Gasteiger charge is 2.20. The summed E-state index contributed by atoms with van der Waals surface area (Å²) in [6.07, 6.45) is 3.55. The predicted octanol–water partition coefficient (Wildman–Crippen LogP) is 5.32. The van der Waals surface area contributed by atoms with Crippen molar-refractivity contribution >= 4 is 17.3 Å². The molecule has 188 valence electrons. The number of rotatable bonds is 7. The van der Waals surface area contributed by atoms with Crippen molar-refractivity contribution in [3.63, 3.8) is 0 Å². The maximum Gasteiger partial charge on any atom is 0.299 e. The molecule has 0 aliphatic carbocycles. The van der Waals surface area contributed by atoms with E-state index in [0.717, 1.165) is 31.5 Å². The highest BCUT2D eigenvalue weighted by Crippen LogP contribution is 2.30. The summed E-state index contributed by atoms with van der Waals surface area (Å²) in [4.78, 5) is 28.5. The molecule has 0 bridgehead atoms. The maximum absolute atomic E-state index is 13.7. The highest BCUT2D eigenvalue weighted by molar-refractivity contribution is 5.95. The van der Waals surface area contributed by atoms with Crippen molar-refractivity contribution in [1.82, 2.24) is 14.7 Å². The van der Waals surface area contributed by atoms with Crippen LogP contribution in [0.1, 0.15) is 28.8 Å². The molecule has 4 aromatic rings. The molecule has 37 heavy (non-hydrogen) atoms. The number of benzene rings is 3. The van der Waals surface area contributed by atoms with Gasteiger partial charge in [-0.15, -0.1) is 0 Å². The van der Waals surface area contributed by atoms with Crippen LogP contribution in [0, 0.1) is 6.92 Å². The van der Waals surface area contributed by atoms with E-state index in [1.165, 1.54) is 10.9 Å². The van der Waals surface area contributed by atoms with Crippen LogP contribution >= 0.6 is 0 Å². The van der Waals surface area contributed by atoms with E-state index in [1.807, 2.05) is 42.2 Å². The molecule has 1 fully saturated rings. The number of nitrogens with zero attached hydrogens (tertiary/aromatic N) is 3. The van der Waals surface area contributed by atoms with Crippen molar-refractivity contribution in [2.45, 2.75) is 19.8 Å². The molecule has 0 radical (unpaired) electrons. The van der Waals surface area contributed by atoms with Gasteiger partial charge in [0.05, 0.1) is 19.0 Å². The largest absolute Gasteiger partial charge is 0.497 e. The number of ether oxygens (including phenoxy) is 2. The summed E-state index contributed by atoms with van der Waals surface area (Å²) < 4.78 is 12.6. The molecule has 1 amide bonds. The van der Waals surface area contributed by atoms with Gasteiger partial charge in [0.25, 0.3) is 11.5 Å². The summed E-state index contributed by atoms with van der Waals surface area (Å²) in [7, 11) is 1.58. The minimum atomic E-state index is -0.397. The van der Waals surface area contributed by atoms with Gasteiger partial charge < -0.3 is 19.7 Å². The number of methoxy groups -OCH3 is 1. The van der Waals surface area contributed by atoms with Crippen molar-refractivity contribution in [3.05, 3.63) is 100 Å². The lowest BCUT2D eigenvalue weighted by molar-refractivity contribution is 0.0793. The Bertz CT molecular complexity index is 1470. The molecule has 0 saturated carbocycles. The summed E-state index contributed by atoms with van der Waals surface area (Å²) in [5, 5.41) is 7.56. The highest BCUT2D eigenvalue weighted by atomic mass is 16.5. The van der Waals surface area contributed by atoms with E-state index < -0.39 is 5.56 Å². The zero-order chi connectivity index (χ0) is 25.8. The third-order valence-corrected chi connectivity index (χ3v) is 6.25. The molecule has 1 N–H and O–H groups in total.